The van der Waals surface area contributed by atoms with Crippen LogP contribution in [0.1, 0.15) is 39.9 Å². The predicted octanol–water partition coefficient (Wildman–Crippen LogP) is 6.91. The number of benzene rings is 3. The lowest BCUT2D eigenvalue weighted by Gasteiger charge is -2.23. The van der Waals surface area contributed by atoms with Crippen LogP contribution in [0.4, 0.5) is 5.82 Å². The van der Waals surface area contributed by atoms with Gasteiger partial charge in [0.05, 0.1) is 0 Å². The molecular formula is C31H31ClN4OS. The Morgan fingerprint density at radius 3 is 2.26 bits per heavy atom. The van der Waals surface area contributed by atoms with Crippen LogP contribution in [-0.4, -0.2) is 40.4 Å². The summed E-state index contributed by atoms with van der Waals surface area (Å²) in [5, 5.41) is 1.12. The summed E-state index contributed by atoms with van der Waals surface area (Å²) in [4.78, 5) is 27.1. The van der Waals surface area contributed by atoms with Crippen LogP contribution in [0.3, 0.4) is 0 Å². The zero-order chi connectivity index (χ0) is 26.2. The van der Waals surface area contributed by atoms with E-state index in [1.165, 1.54) is 18.4 Å². The lowest BCUT2D eigenvalue weighted by Crippen LogP contribution is -2.32. The summed E-state index contributed by atoms with van der Waals surface area (Å²) in [6, 6.07) is 30.2. The smallest absolute Gasteiger partial charge is 0.254 e. The van der Waals surface area contributed by atoms with Crippen molar-refractivity contribution in [2.45, 2.75) is 36.7 Å². The summed E-state index contributed by atoms with van der Waals surface area (Å²) in [6.45, 7) is 3.23. The molecule has 0 N–H and O–H groups in total. The molecule has 0 unspecified atom stereocenters. The third-order valence-electron chi connectivity index (χ3n) is 6.65. The molecular weight excluding hydrogens is 512 g/mol. The highest BCUT2D eigenvalue weighted by Gasteiger charge is 2.18. The summed E-state index contributed by atoms with van der Waals surface area (Å²) >= 11 is 7.85. The molecule has 194 valence electrons. The van der Waals surface area contributed by atoms with Gasteiger partial charge >= 0.3 is 0 Å². The molecule has 2 heterocycles. The molecule has 1 saturated heterocycles. The summed E-state index contributed by atoms with van der Waals surface area (Å²) in [7, 11) is 0. The van der Waals surface area contributed by atoms with Crippen molar-refractivity contribution in [3.8, 4) is 0 Å². The molecule has 0 spiro atoms. The molecule has 1 aromatic heterocycles. The fourth-order valence-electron chi connectivity index (χ4n) is 4.65. The average molecular weight is 543 g/mol. The molecule has 0 radical (unpaired) electrons. The largest absolute Gasteiger partial charge is 0.356 e. The number of aromatic nitrogens is 2. The van der Waals surface area contributed by atoms with E-state index < -0.39 is 0 Å². The van der Waals surface area contributed by atoms with Crippen LogP contribution in [-0.2, 0) is 18.7 Å². The normalized spacial score (nSPS) is 13.0. The molecule has 0 bridgehead atoms. The first-order valence-corrected chi connectivity index (χ1v) is 14.4. The molecule has 4 aromatic rings. The van der Waals surface area contributed by atoms with E-state index in [9.17, 15) is 4.79 Å². The van der Waals surface area contributed by atoms with Gasteiger partial charge in [-0.05, 0) is 48.1 Å². The molecule has 5 nitrogen and oxygen atoms in total. The van der Waals surface area contributed by atoms with Gasteiger partial charge in [0, 0.05) is 43.6 Å². The number of hydrogen-bond donors (Lipinski definition) is 0. The maximum absolute atomic E-state index is 13.7. The van der Waals surface area contributed by atoms with Crippen molar-refractivity contribution in [1.29, 1.82) is 0 Å². The monoisotopic (exact) mass is 542 g/mol. The van der Waals surface area contributed by atoms with Crippen LogP contribution in [0.5, 0.6) is 0 Å². The Bertz CT molecular complexity index is 1350. The topological polar surface area (TPSA) is 49.3 Å². The number of nitrogens with zero attached hydrogens (tertiary/aromatic N) is 4. The van der Waals surface area contributed by atoms with Crippen LogP contribution >= 0.6 is 23.4 Å². The van der Waals surface area contributed by atoms with Gasteiger partial charge in [-0.1, -0.05) is 96.2 Å². The highest BCUT2D eigenvalue weighted by molar-refractivity contribution is 7.98. The summed E-state index contributed by atoms with van der Waals surface area (Å²) in [5.74, 6) is 1.58. The molecule has 5 rings (SSSR count). The molecule has 1 aliphatic rings. The maximum Gasteiger partial charge on any atom is 0.254 e. The Morgan fingerprint density at radius 2 is 1.53 bits per heavy atom. The molecule has 3 aromatic carbocycles. The standard InChI is InChI=1S/C31H31ClN4OS/c32-28-21-29(35-17-7-8-18-35)34-31(33-28)38-23-26-14-9-15-27(20-26)30(37)36(22-25-12-5-2-6-13-25)19-16-24-10-3-1-4-11-24/h1-6,9-15,20-21H,7-8,16-19,22-23H2. The SMILES string of the molecule is O=C(c1cccc(CSc2nc(Cl)cc(N3CCCC3)n2)c1)N(CCc1ccccc1)Cc1ccccc1. The Kier molecular flexibility index (Phi) is 8.94. The van der Waals surface area contributed by atoms with E-state index in [0.717, 1.165) is 36.5 Å². The lowest BCUT2D eigenvalue weighted by atomic mass is 10.1. The number of carbonyl (C=O) groups excluding carboxylic acids is 1. The van der Waals surface area contributed by atoms with Crippen molar-refractivity contribution in [1.82, 2.24) is 14.9 Å². The third-order valence-corrected chi connectivity index (χ3v) is 7.76. The fraction of sp³-hybridized carbons (Fsp3) is 0.258. The number of thioether (sulfide) groups is 1. The van der Waals surface area contributed by atoms with Crippen molar-refractivity contribution in [2.24, 2.45) is 0 Å². The summed E-state index contributed by atoms with van der Waals surface area (Å²) in [5.41, 5.74) is 4.08. The highest BCUT2D eigenvalue weighted by atomic mass is 35.5. The average Bonchev–Trinajstić information content (AvgIpc) is 3.50. The maximum atomic E-state index is 13.7. The van der Waals surface area contributed by atoms with Gasteiger partial charge in [-0.3, -0.25) is 4.79 Å². The van der Waals surface area contributed by atoms with E-state index in [2.05, 4.69) is 34.1 Å². The number of rotatable bonds is 10. The number of anilines is 1. The Balaban J connectivity index is 1.29. The van der Waals surface area contributed by atoms with E-state index in [1.807, 2.05) is 71.6 Å². The molecule has 1 fully saturated rings. The Labute approximate surface area is 233 Å². The third kappa shape index (κ3) is 7.15. The van der Waals surface area contributed by atoms with Crippen LogP contribution < -0.4 is 4.90 Å². The molecule has 0 atom stereocenters. The van der Waals surface area contributed by atoms with Crippen LogP contribution in [0.25, 0.3) is 0 Å². The molecule has 1 amide bonds. The van der Waals surface area contributed by atoms with Gasteiger partial charge in [0.1, 0.15) is 11.0 Å². The van der Waals surface area contributed by atoms with Gasteiger partial charge in [-0.15, -0.1) is 0 Å². The molecule has 38 heavy (non-hydrogen) atoms. The second kappa shape index (κ2) is 12.9. The number of halogens is 1. The minimum absolute atomic E-state index is 0.0342. The van der Waals surface area contributed by atoms with Crippen molar-refractivity contribution in [2.75, 3.05) is 24.5 Å². The molecule has 1 aliphatic heterocycles. The number of carbonyl (C=O) groups is 1. The van der Waals surface area contributed by atoms with Crippen molar-refractivity contribution in [3.05, 3.63) is 118 Å². The number of amides is 1. The first-order chi connectivity index (χ1) is 18.6. The second-order valence-corrected chi connectivity index (χ2v) is 10.8. The quantitative estimate of drug-likeness (QED) is 0.124. The lowest BCUT2D eigenvalue weighted by molar-refractivity contribution is 0.0745. The summed E-state index contributed by atoms with van der Waals surface area (Å²) < 4.78 is 0. The minimum Gasteiger partial charge on any atom is -0.356 e. The minimum atomic E-state index is 0.0342. The zero-order valence-corrected chi connectivity index (χ0v) is 22.9. The van der Waals surface area contributed by atoms with Gasteiger partial charge in [0.25, 0.3) is 5.91 Å². The van der Waals surface area contributed by atoms with Gasteiger partial charge < -0.3 is 9.80 Å². The van der Waals surface area contributed by atoms with Crippen LogP contribution in [0.15, 0.2) is 96.2 Å². The van der Waals surface area contributed by atoms with Gasteiger partial charge in [0.15, 0.2) is 5.16 Å². The van der Waals surface area contributed by atoms with Crippen molar-refractivity contribution >= 4 is 35.1 Å². The van der Waals surface area contributed by atoms with Crippen LogP contribution in [0.2, 0.25) is 5.15 Å². The van der Waals surface area contributed by atoms with Crippen molar-refractivity contribution < 1.29 is 4.79 Å². The van der Waals surface area contributed by atoms with Crippen molar-refractivity contribution in [3.63, 3.8) is 0 Å². The van der Waals surface area contributed by atoms with Gasteiger partial charge in [-0.25, -0.2) is 9.97 Å². The van der Waals surface area contributed by atoms with E-state index in [4.69, 9.17) is 16.6 Å². The first-order valence-electron chi connectivity index (χ1n) is 13.0. The second-order valence-electron chi connectivity index (χ2n) is 9.46. The Hall–Kier alpha value is -3.35. The molecule has 7 heteroatoms. The zero-order valence-electron chi connectivity index (χ0n) is 21.3. The first kappa shape index (κ1) is 26.3. The fourth-order valence-corrected chi connectivity index (χ4v) is 5.67. The van der Waals surface area contributed by atoms with E-state index in [0.29, 0.717) is 34.7 Å². The van der Waals surface area contributed by atoms with Gasteiger partial charge in [-0.2, -0.15) is 0 Å². The molecule has 0 saturated carbocycles. The summed E-state index contributed by atoms with van der Waals surface area (Å²) in [6.07, 6.45) is 3.16. The van der Waals surface area contributed by atoms with E-state index in [1.54, 1.807) is 11.8 Å². The Morgan fingerprint density at radius 1 is 0.842 bits per heavy atom. The van der Waals surface area contributed by atoms with E-state index >= 15 is 0 Å². The van der Waals surface area contributed by atoms with Gasteiger partial charge in [0.2, 0.25) is 0 Å². The number of hydrogen-bond acceptors (Lipinski definition) is 5. The van der Waals surface area contributed by atoms with Crippen LogP contribution in [0, 0.1) is 0 Å². The highest BCUT2D eigenvalue weighted by Crippen LogP contribution is 2.27. The molecule has 0 aliphatic carbocycles. The van der Waals surface area contributed by atoms with E-state index in [-0.39, 0.29) is 5.91 Å². The predicted molar refractivity (Wildman–Crippen MR) is 156 cm³/mol.